The SMILES string of the molecule is CCN(C)C(=O)c1cnc[nH]1.Cl. The topological polar surface area (TPSA) is 49.0 Å². The smallest absolute Gasteiger partial charge is 0.271 e. The molecule has 5 heteroatoms. The molecule has 0 unspecified atom stereocenters. The number of carbonyl (C=O) groups excluding carboxylic acids is 1. The van der Waals surface area contributed by atoms with Crippen molar-refractivity contribution < 1.29 is 4.79 Å². The second-order valence-corrected chi connectivity index (χ2v) is 2.28. The van der Waals surface area contributed by atoms with E-state index in [1.54, 1.807) is 11.9 Å². The predicted molar refractivity (Wildman–Crippen MR) is 48.5 cm³/mol. The molecular formula is C7H12ClN3O. The molecule has 0 aromatic carbocycles. The zero-order valence-corrected chi connectivity index (χ0v) is 7.89. The van der Waals surface area contributed by atoms with Crippen LogP contribution in [0.25, 0.3) is 0 Å². The Hall–Kier alpha value is -1.03. The van der Waals surface area contributed by atoms with Crippen LogP contribution < -0.4 is 0 Å². The third-order valence-corrected chi connectivity index (χ3v) is 1.55. The van der Waals surface area contributed by atoms with Gasteiger partial charge in [0, 0.05) is 13.6 Å². The molecule has 1 heterocycles. The molecule has 1 amide bonds. The quantitative estimate of drug-likeness (QED) is 0.753. The number of aromatic amines is 1. The molecule has 1 N–H and O–H groups in total. The predicted octanol–water partition coefficient (Wildman–Crippen LogP) is 0.923. The summed E-state index contributed by atoms with van der Waals surface area (Å²) in [6.45, 7) is 2.63. The van der Waals surface area contributed by atoms with E-state index in [1.165, 1.54) is 12.5 Å². The highest BCUT2D eigenvalue weighted by molar-refractivity contribution is 5.91. The first kappa shape index (κ1) is 11.0. The summed E-state index contributed by atoms with van der Waals surface area (Å²) in [7, 11) is 1.75. The van der Waals surface area contributed by atoms with Crippen LogP contribution in [0, 0.1) is 0 Å². The molecular weight excluding hydrogens is 178 g/mol. The largest absolute Gasteiger partial charge is 0.341 e. The minimum Gasteiger partial charge on any atom is -0.341 e. The molecule has 1 aromatic rings. The molecule has 0 aliphatic heterocycles. The summed E-state index contributed by atoms with van der Waals surface area (Å²) in [4.78, 5) is 19.4. The number of carbonyl (C=O) groups is 1. The number of H-pyrrole nitrogens is 1. The van der Waals surface area contributed by atoms with E-state index in [9.17, 15) is 4.79 Å². The molecule has 0 spiro atoms. The first-order chi connectivity index (χ1) is 5.25. The van der Waals surface area contributed by atoms with Crippen LogP contribution in [-0.2, 0) is 0 Å². The maximum Gasteiger partial charge on any atom is 0.271 e. The lowest BCUT2D eigenvalue weighted by Gasteiger charge is -2.11. The van der Waals surface area contributed by atoms with E-state index in [2.05, 4.69) is 9.97 Å². The number of hydrogen-bond acceptors (Lipinski definition) is 2. The molecule has 0 atom stereocenters. The Morgan fingerprint density at radius 3 is 2.83 bits per heavy atom. The second kappa shape index (κ2) is 4.77. The Balaban J connectivity index is 0.00000121. The van der Waals surface area contributed by atoms with Crippen LogP contribution in [0.4, 0.5) is 0 Å². The Bertz CT molecular complexity index is 235. The number of halogens is 1. The minimum atomic E-state index is -0.0231. The maximum atomic E-state index is 11.3. The van der Waals surface area contributed by atoms with E-state index in [-0.39, 0.29) is 18.3 Å². The standard InChI is InChI=1S/C7H11N3O.ClH/c1-3-10(2)7(11)6-4-8-5-9-6;/h4-5H,3H2,1-2H3,(H,8,9);1H. The van der Waals surface area contributed by atoms with Gasteiger partial charge in [0.15, 0.2) is 0 Å². The normalized spacial score (nSPS) is 8.83. The van der Waals surface area contributed by atoms with E-state index in [1.807, 2.05) is 6.92 Å². The number of nitrogens with one attached hydrogen (secondary N) is 1. The van der Waals surface area contributed by atoms with Gasteiger partial charge in [0.25, 0.3) is 5.91 Å². The summed E-state index contributed by atoms with van der Waals surface area (Å²) in [6, 6.07) is 0. The van der Waals surface area contributed by atoms with Crippen LogP contribution in [0.2, 0.25) is 0 Å². The first-order valence-electron chi connectivity index (χ1n) is 3.49. The van der Waals surface area contributed by atoms with Crippen LogP contribution in [0.15, 0.2) is 12.5 Å². The Kier molecular flexibility index (Phi) is 4.36. The van der Waals surface area contributed by atoms with Gasteiger partial charge in [-0.15, -0.1) is 12.4 Å². The average Bonchev–Trinajstić information content (AvgIpc) is 2.53. The summed E-state index contributed by atoms with van der Waals surface area (Å²) >= 11 is 0. The summed E-state index contributed by atoms with van der Waals surface area (Å²) in [5.41, 5.74) is 0.536. The van der Waals surface area contributed by atoms with Gasteiger partial charge in [-0.05, 0) is 6.92 Å². The molecule has 1 rings (SSSR count). The number of nitrogens with zero attached hydrogens (tertiary/aromatic N) is 2. The molecule has 0 fully saturated rings. The number of aromatic nitrogens is 2. The third-order valence-electron chi connectivity index (χ3n) is 1.55. The van der Waals surface area contributed by atoms with Crippen molar-refractivity contribution in [3.05, 3.63) is 18.2 Å². The number of amides is 1. The van der Waals surface area contributed by atoms with Crippen molar-refractivity contribution in [2.75, 3.05) is 13.6 Å². The number of imidazole rings is 1. The van der Waals surface area contributed by atoms with Gasteiger partial charge in [-0.1, -0.05) is 0 Å². The Labute approximate surface area is 77.4 Å². The van der Waals surface area contributed by atoms with Gasteiger partial charge in [0.1, 0.15) is 5.69 Å². The highest BCUT2D eigenvalue weighted by Crippen LogP contribution is 1.96. The summed E-state index contributed by atoms with van der Waals surface area (Å²) < 4.78 is 0. The first-order valence-corrected chi connectivity index (χ1v) is 3.49. The monoisotopic (exact) mass is 189 g/mol. The molecule has 0 saturated carbocycles. The van der Waals surface area contributed by atoms with Crippen molar-refractivity contribution in [3.8, 4) is 0 Å². The van der Waals surface area contributed by atoms with Gasteiger partial charge >= 0.3 is 0 Å². The fourth-order valence-corrected chi connectivity index (χ4v) is 0.722. The van der Waals surface area contributed by atoms with E-state index < -0.39 is 0 Å². The number of rotatable bonds is 2. The summed E-state index contributed by atoms with van der Waals surface area (Å²) in [5, 5.41) is 0. The average molecular weight is 190 g/mol. The lowest BCUT2D eigenvalue weighted by atomic mass is 10.4. The van der Waals surface area contributed by atoms with E-state index in [0.29, 0.717) is 12.2 Å². The zero-order valence-electron chi connectivity index (χ0n) is 7.07. The molecule has 68 valence electrons. The molecule has 4 nitrogen and oxygen atoms in total. The fraction of sp³-hybridized carbons (Fsp3) is 0.429. The van der Waals surface area contributed by atoms with Crippen molar-refractivity contribution in [1.82, 2.24) is 14.9 Å². The van der Waals surface area contributed by atoms with Crippen LogP contribution in [0.3, 0.4) is 0 Å². The van der Waals surface area contributed by atoms with Crippen molar-refractivity contribution >= 4 is 18.3 Å². The molecule has 0 saturated heterocycles. The van der Waals surface area contributed by atoms with Crippen LogP contribution in [0.1, 0.15) is 17.4 Å². The van der Waals surface area contributed by atoms with Crippen LogP contribution >= 0.6 is 12.4 Å². The lowest BCUT2D eigenvalue weighted by molar-refractivity contribution is 0.0797. The lowest BCUT2D eigenvalue weighted by Crippen LogP contribution is -2.26. The van der Waals surface area contributed by atoms with Gasteiger partial charge in [0.05, 0.1) is 12.5 Å². The molecule has 0 radical (unpaired) electrons. The van der Waals surface area contributed by atoms with Crippen molar-refractivity contribution in [2.45, 2.75) is 6.92 Å². The van der Waals surface area contributed by atoms with Gasteiger partial charge in [0.2, 0.25) is 0 Å². The van der Waals surface area contributed by atoms with Crippen molar-refractivity contribution in [2.24, 2.45) is 0 Å². The fourth-order valence-electron chi connectivity index (χ4n) is 0.722. The summed E-state index contributed by atoms with van der Waals surface area (Å²) in [5.74, 6) is -0.0231. The molecule has 0 aliphatic rings. The van der Waals surface area contributed by atoms with E-state index >= 15 is 0 Å². The van der Waals surface area contributed by atoms with Crippen LogP contribution in [0.5, 0.6) is 0 Å². The minimum absolute atomic E-state index is 0. The van der Waals surface area contributed by atoms with Gasteiger partial charge in [-0.3, -0.25) is 4.79 Å². The van der Waals surface area contributed by atoms with Gasteiger partial charge < -0.3 is 9.88 Å². The third kappa shape index (κ3) is 2.23. The van der Waals surface area contributed by atoms with Gasteiger partial charge in [-0.2, -0.15) is 0 Å². The highest BCUT2D eigenvalue weighted by Gasteiger charge is 2.09. The maximum absolute atomic E-state index is 11.3. The molecule has 0 bridgehead atoms. The zero-order chi connectivity index (χ0) is 8.27. The Morgan fingerprint density at radius 1 is 1.75 bits per heavy atom. The Morgan fingerprint density at radius 2 is 2.42 bits per heavy atom. The summed E-state index contributed by atoms with van der Waals surface area (Å²) in [6.07, 6.45) is 3.02. The molecule has 1 aromatic heterocycles. The molecule has 0 aliphatic carbocycles. The molecule has 12 heavy (non-hydrogen) atoms. The van der Waals surface area contributed by atoms with Crippen molar-refractivity contribution in [3.63, 3.8) is 0 Å². The van der Waals surface area contributed by atoms with Crippen molar-refractivity contribution in [1.29, 1.82) is 0 Å². The number of hydrogen-bond donors (Lipinski definition) is 1. The van der Waals surface area contributed by atoms with E-state index in [4.69, 9.17) is 0 Å². The second-order valence-electron chi connectivity index (χ2n) is 2.28. The van der Waals surface area contributed by atoms with Gasteiger partial charge in [-0.25, -0.2) is 4.98 Å². The van der Waals surface area contributed by atoms with Crippen LogP contribution in [-0.4, -0.2) is 34.4 Å². The highest BCUT2D eigenvalue weighted by atomic mass is 35.5. The van der Waals surface area contributed by atoms with E-state index in [0.717, 1.165) is 0 Å².